The largest absolute Gasteiger partial charge is 0.496 e. The zero-order valence-corrected chi connectivity index (χ0v) is 10.0. The fourth-order valence-corrected chi connectivity index (χ4v) is 1.94. The molecule has 0 heterocycles. The van der Waals surface area contributed by atoms with Crippen LogP contribution in [-0.2, 0) is 6.42 Å². The summed E-state index contributed by atoms with van der Waals surface area (Å²) in [4.78, 5) is 0. The summed E-state index contributed by atoms with van der Waals surface area (Å²) in [6.45, 7) is 2.00. The van der Waals surface area contributed by atoms with Crippen molar-refractivity contribution in [2.24, 2.45) is 0 Å². The summed E-state index contributed by atoms with van der Waals surface area (Å²) in [5.41, 5.74) is 1.53. The first kappa shape index (κ1) is 11.3. The van der Waals surface area contributed by atoms with E-state index < -0.39 is 5.60 Å². The number of aryl methyl sites for hydroxylation is 1. The first-order chi connectivity index (χ1) is 7.58. The minimum atomic E-state index is -0.532. The van der Waals surface area contributed by atoms with Gasteiger partial charge in [-0.15, -0.1) is 0 Å². The molecule has 1 saturated carbocycles. The second kappa shape index (κ2) is 3.98. The van der Waals surface area contributed by atoms with E-state index in [1.165, 1.54) is 0 Å². The molecular formula is C13H18O3. The van der Waals surface area contributed by atoms with Crippen LogP contribution in [0.3, 0.4) is 0 Å². The van der Waals surface area contributed by atoms with Crippen molar-refractivity contribution in [1.29, 1.82) is 0 Å². The highest BCUT2D eigenvalue weighted by Crippen LogP contribution is 2.43. The van der Waals surface area contributed by atoms with Crippen LogP contribution < -0.4 is 9.47 Å². The molecule has 0 radical (unpaired) electrons. The molecule has 0 aromatic heterocycles. The maximum atomic E-state index is 9.98. The number of benzene rings is 1. The summed E-state index contributed by atoms with van der Waals surface area (Å²) in [6, 6.07) is 3.95. The molecule has 0 amide bonds. The highest BCUT2D eigenvalue weighted by atomic mass is 16.5. The second-order valence-corrected chi connectivity index (χ2v) is 4.55. The van der Waals surface area contributed by atoms with E-state index in [9.17, 15) is 5.11 Å². The van der Waals surface area contributed by atoms with Gasteiger partial charge >= 0.3 is 0 Å². The van der Waals surface area contributed by atoms with Crippen LogP contribution in [0.4, 0.5) is 0 Å². The van der Waals surface area contributed by atoms with Crippen LogP contribution >= 0.6 is 0 Å². The molecular weight excluding hydrogens is 204 g/mol. The van der Waals surface area contributed by atoms with E-state index in [4.69, 9.17) is 9.47 Å². The Morgan fingerprint density at radius 2 is 1.69 bits per heavy atom. The first-order valence-electron chi connectivity index (χ1n) is 5.52. The molecule has 1 aliphatic carbocycles. The Bertz CT molecular complexity index is 369. The molecule has 0 atom stereocenters. The van der Waals surface area contributed by atoms with Crippen LogP contribution in [0.1, 0.15) is 24.0 Å². The van der Waals surface area contributed by atoms with Crippen LogP contribution in [0.5, 0.6) is 11.5 Å². The molecule has 0 unspecified atom stereocenters. The molecule has 3 heteroatoms. The van der Waals surface area contributed by atoms with Crippen molar-refractivity contribution >= 4 is 0 Å². The van der Waals surface area contributed by atoms with Crippen molar-refractivity contribution in [3.63, 3.8) is 0 Å². The lowest BCUT2D eigenvalue weighted by molar-refractivity contribution is 0.148. The van der Waals surface area contributed by atoms with Crippen molar-refractivity contribution < 1.29 is 14.6 Å². The predicted octanol–water partition coefficient (Wildman–Crippen LogP) is 2.08. The number of ether oxygens (including phenoxy) is 2. The van der Waals surface area contributed by atoms with Crippen molar-refractivity contribution in [2.45, 2.75) is 31.8 Å². The van der Waals surface area contributed by atoms with Gasteiger partial charge in [-0.2, -0.15) is 0 Å². The molecule has 88 valence electrons. The first-order valence-corrected chi connectivity index (χ1v) is 5.52. The normalized spacial score (nSPS) is 17.0. The van der Waals surface area contributed by atoms with Crippen LogP contribution in [-0.4, -0.2) is 24.9 Å². The zero-order chi connectivity index (χ0) is 11.8. The van der Waals surface area contributed by atoms with Crippen LogP contribution in [0.15, 0.2) is 12.1 Å². The van der Waals surface area contributed by atoms with E-state index in [0.717, 1.165) is 35.5 Å². The van der Waals surface area contributed by atoms with Gasteiger partial charge in [0.05, 0.1) is 19.8 Å². The summed E-state index contributed by atoms with van der Waals surface area (Å²) in [5.74, 6) is 1.61. The molecule has 0 bridgehead atoms. The van der Waals surface area contributed by atoms with Crippen LogP contribution in [0.2, 0.25) is 0 Å². The molecule has 1 N–H and O–H groups in total. The number of aliphatic hydroxyl groups is 1. The van der Waals surface area contributed by atoms with Crippen molar-refractivity contribution in [3.8, 4) is 11.5 Å². The van der Waals surface area contributed by atoms with E-state index in [1.807, 2.05) is 19.1 Å². The third-order valence-electron chi connectivity index (χ3n) is 3.09. The van der Waals surface area contributed by atoms with E-state index >= 15 is 0 Å². The van der Waals surface area contributed by atoms with Gasteiger partial charge in [0.25, 0.3) is 0 Å². The summed E-state index contributed by atoms with van der Waals surface area (Å²) in [5, 5.41) is 9.98. The molecule has 3 nitrogen and oxygen atoms in total. The van der Waals surface area contributed by atoms with E-state index in [0.29, 0.717) is 6.42 Å². The third kappa shape index (κ3) is 2.14. The number of rotatable bonds is 4. The lowest BCUT2D eigenvalue weighted by Crippen LogP contribution is -2.12. The summed E-state index contributed by atoms with van der Waals surface area (Å²) in [6.07, 6.45) is 2.35. The van der Waals surface area contributed by atoms with Crippen LogP contribution in [0.25, 0.3) is 0 Å². The smallest absolute Gasteiger partial charge is 0.126 e. The lowest BCUT2D eigenvalue weighted by atomic mass is 10.0. The number of methoxy groups -OCH3 is 2. The van der Waals surface area contributed by atoms with Crippen molar-refractivity contribution in [1.82, 2.24) is 0 Å². The topological polar surface area (TPSA) is 38.7 Å². The Balaban J connectivity index is 2.38. The molecule has 16 heavy (non-hydrogen) atoms. The van der Waals surface area contributed by atoms with Gasteiger partial charge in [-0.05, 0) is 37.5 Å². The summed E-state index contributed by atoms with van der Waals surface area (Å²) >= 11 is 0. The third-order valence-corrected chi connectivity index (χ3v) is 3.09. The predicted molar refractivity (Wildman–Crippen MR) is 62.2 cm³/mol. The highest BCUT2D eigenvalue weighted by Gasteiger charge is 2.41. The molecule has 1 fully saturated rings. The fraction of sp³-hybridized carbons (Fsp3) is 0.538. The molecule has 0 spiro atoms. The summed E-state index contributed by atoms with van der Waals surface area (Å²) in [7, 11) is 3.29. The van der Waals surface area contributed by atoms with Gasteiger partial charge in [0.2, 0.25) is 0 Å². The monoisotopic (exact) mass is 222 g/mol. The second-order valence-electron chi connectivity index (χ2n) is 4.55. The van der Waals surface area contributed by atoms with Gasteiger partial charge in [-0.3, -0.25) is 0 Å². The van der Waals surface area contributed by atoms with Gasteiger partial charge in [0, 0.05) is 12.0 Å². The zero-order valence-electron chi connectivity index (χ0n) is 10.0. The van der Waals surface area contributed by atoms with Crippen molar-refractivity contribution in [2.75, 3.05) is 14.2 Å². The quantitative estimate of drug-likeness (QED) is 0.847. The Hall–Kier alpha value is -1.22. The van der Waals surface area contributed by atoms with E-state index in [-0.39, 0.29) is 0 Å². The molecule has 1 aromatic carbocycles. The minimum Gasteiger partial charge on any atom is -0.496 e. The fourth-order valence-electron chi connectivity index (χ4n) is 1.94. The minimum absolute atomic E-state index is 0.532. The Morgan fingerprint density at radius 3 is 2.06 bits per heavy atom. The molecule has 0 aliphatic heterocycles. The SMILES string of the molecule is COc1cc(C)cc(OC)c1CC1(O)CC1. The Labute approximate surface area is 96.0 Å². The Morgan fingerprint density at radius 1 is 1.19 bits per heavy atom. The van der Waals surface area contributed by atoms with Gasteiger partial charge in [-0.25, -0.2) is 0 Å². The lowest BCUT2D eigenvalue weighted by Gasteiger charge is -2.16. The Kier molecular flexibility index (Phi) is 2.80. The van der Waals surface area contributed by atoms with Gasteiger partial charge < -0.3 is 14.6 Å². The average Bonchev–Trinajstić information content (AvgIpc) is 2.98. The van der Waals surface area contributed by atoms with Gasteiger partial charge in [0.1, 0.15) is 11.5 Å². The maximum absolute atomic E-state index is 9.98. The van der Waals surface area contributed by atoms with Gasteiger partial charge in [-0.1, -0.05) is 0 Å². The highest BCUT2D eigenvalue weighted by molar-refractivity contribution is 5.49. The molecule has 1 aromatic rings. The van der Waals surface area contributed by atoms with Crippen LogP contribution in [0, 0.1) is 6.92 Å². The van der Waals surface area contributed by atoms with Crippen molar-refractivity contribution in [3.05, 3.63) is 23.3 Å². The number of hydrogen-bond acceptors (Lipinski definition) is 3. The van der Waals surface area contributed by atoms with E-state index in [1.54, 1.807) is 14.2 Å². The van der Waals surface area contributed by atoms with Gasteiger partial charge in [0.15, 0.2) is 0 Å². The standard InChI is InChI=1S/C13H18O3/c1-9-6-11(15-2)10(12(7-9)16-3)8-13(14)4-5-13/h6-7,14H,4-5,8H2,1-3H3. The van der Waals surface area contributed by atoms with E-state index in [2.05, 4.69) is 0 Å². The molecule has 2 rings (SSSR count). The molecule has 1 aliphatic rings. The summed E-state index contributed by atoms with van der Waals surface area (Å²) < 4.78 is 10.7. The molecule has 0 saturated heterocycles. The maximum Gasteiger partial charge on any atom is 0.126 e. The number of hydrogen-bond donors (Lipinski definition) is 1. The average molecular weight is 222 g/mol.